The van der Waals surface area contributed by atoms with Gasteiger partial charge >= 0.3 is 12.1 Å². The molecule has 9 nitrogen and oxygen atoms in total. The SMILES string of the molecule is CCCCCCCOC(=O)N1C(C)=NC(C)=C(C(=O)OCC2CC2)C1c1cccc([N+](=O)[O-])c1. The molecule has 3 rings (SSSR count). The van der Waals surface area contributed by atoms with Gasteiger partial charge in [-0.3, -0.25) is 15.0 Å². The zero-order valence-electron chi connectivity index (χ0n) is 20.1. The van der Waals surface area contributed by atoms with E-state index in [1.807, 2.05) is 0 Å². The Morgan fingerprint density at radius 2 is 1.88 bits per heavy atom. The quantitative estimate of drug-likeness (QED) is 0.177. The van der Waals surface area contributed by atoms with Crippen molar-refractivity contribution in [1.82, 2.24) is 4.90 Å². The number of aliphatic imine (C=N–C) groups is 1. The smallest absolute Gasteiger partial charge is 0.416 e. The van der Waals surface area contributed by atoms with E-state index in [0.29, 0.717) is 29.6 Å². The third-order valence-corrected chi connectivity index (χ3v) is 6.03. The highest BCUT2D eigenvalue weighted by Gasteiger charge is 2.40. The van der Waals surface area contributed by atoms with E-state index in [4.69, 9.17) is 9.47 Å². The van der Waals surface area contributed by atoms with Gasteiger partial charge in [-0.2, -0.15) is 0 Å². The van der Waals surface area contributed by atoms with Crippen molar-refractivity contribution in [2.45, 2.75) is 71.8 Å². The Morgan fingerprint density at radius 3 is 2.56 bits per heavy atom. The first kappa shape index (κ1) is 25.4. The van der Waals surface area contributed by atoms with Gasteiger partial charge in [-0.25, -0.2) is 14.6 Å². The van der Waals surface area contributed by atoms with E-state index < -0.39 is 23.0 Å². The molecule has 0 aromatic heterocycles. The van der Waals surface area contributed by atoms with Gasteiger partial charge in [0.05, 0.1) is 29.4 Å². The number of benzene rings is 1. The molecular formula is C25H33N3O6. The predicted octanol–water partition coefficient (Wildman–Crippen LogP) is 5.70. The molecule has 2 aliphatic rings. The largest absolute Gasteiger partial charge is 0.462 e. The number of allylic oxidation sites excluding steroid dienone is 1. The van der Waals surface area contributed by atoms with Crippen molar-refractivity contribution in [3.05, 3.63) is 51.2 Å². The van der Waals surface area contributed by atoms with Crippen LogP contribution in [0.1, 0.15) is 77.3 Å². The van der Waals surface area contributed by atoms with E-state index >= 15 is 0 Å². The lowest BCUT2D eigenvalue weighted by atomic mass is 9.93. The summed E-state index contributed by atoms with van der Waals surface area (Å²) < 4.78 is 11.1. The lowest BCUT2D eigenvalue weighted by Crippen LogP contribution is -2.44. The van der Waals surface area contributed by atoms with Gasteiger partial charge in [-0.1, -0.05) is 44.7 Å². The van der Waals surface area contributed by atoms with E-state index in [1.165, 1.54) is 23.1 Å². The number of carbonyl (C=O) groups excluding carboxylic acids is 2. The molecule has 1 aliphatic heterocycles. The second kappa shape index (κ2) is 11.8. The van der Waals surface area contributed by atoms with E-state index in [9.17, 15) is 19.7 Å². The van der Waals surface area contributed by atoms with Gasteiger partial charge in [0, 0.05) is 12.1 Å². The van der Waals surface area contributed by atoms with E-state index in [-0.39, 0.29) is 17.9 Å². The number of unbranched alkanes of at least 4 members (excludes halogenated alkanes) is 4. The number of non-ortho nitro benzene ring substituents is 1. The van der Waals surface area contributed by atoms with Crippen molar-refractivity contribution in [2.75, 3.05) is 13.2 Å². The number of nitro benzene ring substituents is 1. The number of nitrogens with zero attached hydrogens (tertiary/aromatic N) is 3. The molecule has 1 aromatic rings. The van der Waals surface area contributed by atoms with Crippen LogP contribution in [0.3, 0.4) is 0 Å². The summed E-state index contributed by atoms with van der Waals surface area (Å²) in [7, 11) is 0. The minimum atomic E-state index is -0.934. The third-order valence-electron chi connectivity index (χ3n) is 6.03. The second-order valence-corrected chi connectivity index (χ2v) is 8.85. The van der Waals surface area contributed by atoms with E-state index in [2.05, 4.69) is 11.9 Å². The zero-order valence-corrected chi connectivity index (χ0v) is 20.1. The number of rotatable bonds is 11. The molecule has 0 radical (unpaired) electrons. The maximum absolute atomic E-state index is 13.2. The van der Waals surface area contributed by atoms with Gasteiger partial charge in [-0.05, 0) is 44.6 Å². The van der Waals surface area contributed by atoms with Gasteiger partial charge in [0.25, 0.3) is 5.69 Å². The van der Waals surface area contributed by atoms with Crippen LogP contribution in [0.25, 0.3) is 0 Å². The van der Waals surface area contributed by atoms with Gasteiger partial charge in [0.2, 0.25) is 0 Å². The highest BCUT2D eigenvalue weighted by atomic mass is 16.6. The minimum absolute atomic E-state index is 0.134. The van der Waals surface area contributed by atoms with Crippen molar-refractivity contribution >= 4 is 23.6 Å². The first-order valence-corrected chi connectivity index (χ1v) is 12.0. The van der Waals surface area contributed by atoms with Crippen LogP contribution in [0.2, 0.25) is 0 Å². The minimum Gasteiger partial charge on any atom is -0.462 e. The summed E-state index contributed by atoms with van der Waals surface area (Å²) >= 11 is 0. The Kier molecular flexibility index (Phi) is 8.79. The summed E-state index contributed by atoms with van der Waals surface area (Å²) in [6.45, 7) is 6.02. The Hall–Kier alpha value is -3.23. The molecule has 9 heteroatoms. The van der Waals surface area contributed by atoms with Crippen LogP contribution in [-0.4, -0.2) is 40.9 Å². The van der Waals surface area contributed by atoms with Crippen molar-refractivity contribution in [2.24, 2.45) is 10.9 Å². The predicted molar refractivity (Wildman–Crippen MR) is 127 cm³/mol. The number of amides is 1. The Bertz CT molecular complexity index is 983. The van der Waals surface area contributed by atoms with E-state index in [0.717, 1.165) is 44.9 Å². The average Bonchev–Trinajstić information content (AvgIpc) is 3.63. The molecule has 1 atom stereocenters. The summed E-state index contributed by atoms with van der Waals surface area (Å²) in [6, 6.07) is 5.00. The van der Waals surface area contributed by atoms with Crippen LogP contribution >= 0.6 is 0 Å². The topological polar surface area (TPSA) is 111 Å². The summed E-state index contributed by atoms with van der Waals surface area (Å²) in [5, 5.41) is 11.4. The molecule has 1 aliphatic carbocycles. The number of amidine groups is 1. The van der Waals surface area contributed by atoms with Gasteiger partial charge in [-0.15, -0.1) is 0 Å². The molecule has 0 N–H and O–H groups in total. The van der Waals surface area contributed by atoms with Crippen molar-refractivity contribution < 1.29 is 24.0 Å². The molecule has 1 fully saturated rings. The lowest BCUT2D eigenvalue weighted by molar-refractivity contribution is -0.384. The molecule has 1 unspecified atom stereocenters. The fourth-order valence-electron chi connectivity index (χ4n) is 3.98. The molecule has 0 spiro atoms. The van der Waals surface area contributed by atoms with Crippen LogP contribution in [0.5, 0.6) is 0 Å². The van der Waals surface area contributed by atoms with Gasteiger partial charge in [0.1, 0.15) is 11.9 Å². The van der Waals surface area contributed by atoms with E-state index in [1.54, 1.807) is 19.9 Å². The van der Waals surface area contributed by atoms with Crippen LogP contribution in [0, 0.1) is 16.0 Å². The summed E-state index contributed by atoms with van der Waals surface area (Å²) in [6.07, 6.45) is 6.43. The molecule has 1 heterocycles. The highest BCUT2D eigenvalue weighted by Crippen LogP contribution is 2.38. The maximum atomic E-state index is 13.2. The van der Waals surface area contributed by atoms with Gasteiger partial charge in [0.15, 0.2) is 0 Å². The van der Waals surface area contributed by atoms with Crippen molar-refractivity contribution in [1.29, 1.82) is 0 Å². The Balaban J connectivity index is 1.88. The Labute approximate surface area is 200 Å². The maximum Gasteiger partial charge on any atom is 0.416 e. The molecule has 1 amide bonds. The molecule has 0 saturated heterocycles. The summed E-state index contributed by atoms with van der Waals surface area (Å²) in [4.78, 5) is 42.9. The fraction of sp³-hybridized carbons (Fsp3) is 0.560. The molecule has 184 valence electrons. The average molecular weight is 472 g/mol. The van der Waals surface area contributed by atoms with Crippen molar-refractivity contribution in [3.8, 4) is 0 Å². The summed E-state index contributed by atoms with van der Waals surface area (Å²) in [5.41, 5.74) is 0.886. The number of nitro groups is 1. The third kappa shape index (κ3) is 6.42. The molecule has 0 bridgehead atoms. The van der Waals surface area contributed by atoms with Crippen molar-refractivity contribution in [3.63, 3.8) is 0 Å². The number of carbonyl (C=O) groups is 2. The molecule has 1 aromatic carbocycles. The molecular weight excluding hydrogens is 438 g/mol. The monoisotopic (exact) mass is 471 g/mol. The van der Waals surface area contributed by atoms with Crippen LogP contribution in [-0.2, 0) is 14.3 Å². The normalized spacial score (nSPS) is 17.9. The number of hydrogen-bond donors (Lipinski definition) is 0. The number of esters is 1. The number of ether oxygens (including phenoxy) is 2. The van der Waals surface area contributed by atoms with Crippen LogP contribution in [0.4, 0.5) is 10.5 Å². The molecule has 1 saturated carbocycles. The highest BCUT2D eigenvalue weighted by molar-refractivity contribution is 6.01. The Morgan fingerprint density at radius 1 is 1.15 bits per heavy atom. The number of hydrogen-bond acceptors (Lipinski definition) is 7. The molecule has 34 heavy (non-hydrogen) atoms. The zero-order chi connectivity index (χ0) is 24.7. The van der Waals surface area contributed by atoms with Gasteiger partial charge < -0.3 is 9.47 Å². The second-order valence-electron chi connectivity index (χ2n) is 8.85. The lowest BCUT2D eigenvalue weighted by Gasteiger charge is -2.35. The summed E-state index contributed by atoms with van der Waals surface area (Å²) in [5.74, 6) is 0.141. The van der Waals surface area contributed by atoms with Crippen LogP contribution < -0.4 is 0 Å². The van der Waals surface area contributed by atoms with Crippen LogP contribution in [0.15, 0.2) is 40.5 Å². The standard InChI is InChI=1S/C25H33N3O6/c1-4-5-6-7-8-14-33-25(30)27-18(3)26-17(2)22(24(29)34-16-19-12-13-19)23(27)20-10-9-11-21(15-20)28(31)32/h9-11,15,19,23H,4-8,12-14,16H2,1-3H3. The fourth-order valence-corrected chi connectivity index (χ4v) is 3.98. The first-order valence-electron chi connectivity index (χ1n) is 12.0. The first-order chi connectivity index (χ1) is 16.3.